The quantitative estimate of drug-likeness (QED) is 0.209. The lowest BCUT2D eigenvalue weighted by Gasteiger charge is -2.13. The van der Waals surface area contributed by atoms with E-state index in [9.17, 15) is 17.6 Å². The van der Waals surface area contributed by atoms with Crippen LogP contribution in [0.1, 0.15) is 27.7 Å². The number of hydrogen-bond acceptors (Lipinski definition) is 4. The minimum absolute atomic E-state index is 0.0796. The molecule has 3 aromatic rings. The number of nitrogens with zero attached hydrogens (tertiary/aromatic N) is 2. The second-order valence-corrected chi connectivity index (χ2v) is 8.19. The predicted octanol–water partition coefficient (Wildman–Crippen LogP) is 7.12. The fourth-order valence-corrected chi connectivity index (χ4v) is 3.15. The van der Waals surface area contributed by atoms with Crippen LogP contribution in [0.3, 0.4) is 0 Å². The Morgan fingerprint density at radius 2 is 1.00 bits per heavy atom. The van der Waals surface area contributed by atoms with Gasteiger partial charge < -0.3 is 10.6 Å². The summed E-state index contributed by atoms with van der Waals surface area (Å²) in [5, 5.41) is 6.04. The van der Waals surface area contributed by atoms with Gasteiger partial charge in [-0.25, -0.2) is 27.5 Å². The van der Waals surface area contributed by atoms with E-state index in [-0.39, 0.29) is 11.1 Å². The molecule has 0 unspecified atom stereocenters. The van der Waals surface area contributed by atoms with Gasteiger partial charge in [-0.3, -0.25) is 0 Å². The fraction of sp³-hybridized carbons (Fsp3) is 0.231. The fourth-order valence-electron chi connectivity index (χ4n) is 3.15. The van der Waals surface area contributed by atoms with Gasteiger partial charge in [0.05, 0.1) is 11.1 Å². The van der Waals surface area contributed by atoms with Gasteiger partial charge in [0.25, 0.3) is 0 Å². The van der Waals surface area contributed by atoms with Crippen molar-refractivity contribution in [1.29, 1.82) is 0 Å². The predicted molar refractivity (Wildman–Crippen MR) is 129 cm³/mol. The number of hydrogen-bond donors (Lipinski definition) is 2. The van der Waals surface area contributed by atoms with Gasteiger partial charge in [-0.15, -0.1) is 0 Å². The molecule has 0 atom stereocenters. The largest absolute Gasteiger partial charge is 0.367 e. The number of aromatic nitrogens is 2. The lowest BCUT2D eigenvalue weighted by Crippen LogP contribution is -2.05. The molecule has 0 fully saturated rings. The zero-order valence-electron chi connectivity index (χ0n) is 19.4. The first-order valence-corrected chi connectivity index (χ1v) is 10.7. The van der Waals surface area contributed by atoms with Crippen LogP contribution in [0.25, 0.3) is 22.3 Å². The van der Waals surface area contributed by atoms with E-state index >= 15 is 0 Å². The first-order chi connectivity index (χ1) is 16.2. The molecule has 2 N–H and O–H groups in total. The Bertz CT molecular complexity index is 1080. The third kappa shape index (κ3) is 5.81. The number of anilines is 2. The Hall–Kier alpha value is -3.68. The van der Waals surface area contributed by atoms with E-state index in [1.54, 1.807) is 0 Å². The number of halogens is 4. The van der Waals surface area contributed by atoms with Crippen LogP contribution >= 0.6 is 0 Å². The monoisotopic (exact) mass is 470 g/mol. The normalized spacial score (nSPS) is 10.6. The Morgan fingerprint density at radius 1 is 0.647 bits per heavy atom. The van der Waals surface area contributed by atoms with Crippen molar-refractivity contribution < 1.29 is 17.6 Å². The maximum absolute atomic E-state index is 14.9. The Kier molecular flexibility index (Phi) is 8.04. The van der Waals surface area contributed by atoms with E-state index < -0.39 is 34.4 Å². The lowest BCUT2D eigenvalue weighted by atomic mass is 9.99. The van der Waals surface area contributed by atoms with Crippen LogP contribution in [-0.4, -0.2) is 23.1 Å². The summed E-state index contributed by atoms with van der Waals surface area (Å²) in [4.78, 5) is 8.16. The molecule has 0 aliphatic carbocycles. The average molecular weight is 471 g/mol. The Labute approximate surface area is 196 Å². The van der Waals surface area contributed by atoms with Crippen molar-refractivity contribution >= 4 is 11.6 Å². The molecule has 0 bridgehead atoms. The Morgan fingerprint density at radius 3 is 1.26 bits per heavy atom. The van der Waals surface area contributed by atoms with Crippen molar-refractivity contribution in [2.75, 3.05) is 23.7 Å². The zero-order valence-corrected chi connectivity index (χ0v) is 19.4. The standard InChI is InChI=1S/C26H26F4N4/c1-15(2)9-11-31-19-7-5-17(13-33-19)21-23(27)25(29)22(26(30)24(21)28)18-6-8-20(34-14-18)32-12-10-16(3)4/h5-10,13-14H,11-12H2,1-4H3,(H,31,33)(H,32,34). The molecule has 178 valence electrons. The van der Waals surface area contributed by atoms with Crippen molar-refractivity contribution in [3.05, 3.63) is 83.2 Å². The van der Waals surface area contributed by atoms with Crippen LogP contribution in [0.2, 0.25) is 0 Å². The van der Waals surface area contributed by atoms with E-state index in [1.807, 2.05) is 39.8 Å². The van der Waals surface area contributed by atoms with Crippen LogP contribution in [0.15, 0.2) is 60.0 Å². The zero-order chi connectivity index (χ0) is 24.8. The van der Waals surface area contributed by atoms with Gasteiger partial charge >= 0.3 is 0 Å². The highest BCUT2D eigenvalue weighted by atomic mass is 19.2. The molecule has 4 nitrogen and oxygen atoms in total. The van der Waals surface area contributed by atoms with Gasteiger partial charge in [-0.1, -0.05) is 23.3 Å². The van der Waals surface area contributed by atoms with Gasteiger partial charge in [0.2, 0.25) is 0 Å². The minimum atomic E-state index is -1.49. The average Bonchev–Trinajstić information content (AvgIpc) is 2.79. The van der Waals surface area contributed by atoms with Gasteiger partial charge in [0, 0.05) is 36.6 Å². The lowest BCUT2D eigenvalue weighted by molar-refractivity contribution is 0.463. The Balaban J connectivity index is 1.90. The number of allylic oxidation sites excluding steroid dienone is 2. The molecule has 2 heterocycles. The maximum atomic E-state index is 14.9. The van der Waals surface area contributed by atoms with Crippen molar-refractivity contribution in [3.63, 3.8) is 0 Å². The molecule has 8 heteroatoms. The van der Waals surface area contributed by atoms with Crippen molar-refractivity contribution in [2.24, 2.45) is 0 Å². The summed E-state index contributed by atoms with van der Waals surface area (Å²) >= 11 is 0. The maximum Gasteiger partial charge on any atom is 0.170 e. The van der Waals surface area contributed by atoms with Gasteiger partial charge in [-0.05, 0) is 52.0 Å². The summed E-state index contributed by atoms with van der Waals surface area (Å²) in [7, 11) is 0. The molecule has 0 aliphatic heterocycles. The molecule has 0 amide bonds. The van der Waals surface area contributed by atoms with E-state index in [1.165, 1.54) is 36.7 Å². The molecule has 1 aromatic carbocycles. The third-order valence-electron chi connectivity index (χ3n) is 4.95. The molecular weight excluding hydrogens is 444 g/mol. The van der Waals surface area contributed by atoms with Crippen molar-refractivity contribution in [3.8, 4) is 22.3 Å². The first-order valence-electron chi connectivity index (χ1n) is 10.7. The number of nitrogens with one attached hydrogen (secondary N) is 2. The topological polar surface area (TPSA) is 49.8 Å². The number of pyridine rings is 2. The van der Waals surface area contributed by atoms with E-state index in [0.29, 0.717) is 24.7 Å². The second-order valence-electron chi connectivity index (χ2n) is 8.19. The van der Waals surface area contributed by atoms with Gasteiger partial charge in [0.15, 0.2) is 23.3 Å². The highest BCUT2D eigenvalue weighted by Crippen LogP contribution is 2.36. The molecule has 0 saturated carbocycles. The minimum Gasteiger partial charge on any atom is -0.367 e. The highest BCUT2D eigenvalue weighted by Gasteiger charge is 2.27. The molecule has 3 rings (SSSR count). The summed E-state index contributed by atoms with van der Waals surface area (Å²) in [6, 6.07) is 5.68. The second kappa shape index (κ2) is 11.0. The van der Waals surface area contributed by atoms with E-state index in [4.69, 9.17) is 0 Å². The molecule has 0 aliphatic rings. The molecule has 0 spiro atoms. The van der Waals surface area contributed by atoms with Crippen LogP contribution in [0, 0.1) is 23.3 Å². The summed E-state index contributed by atoms with van der Waals surface area (Å²) in [6.45, 7) is 8.83. The van der Waals surface area contributed by atoms with Gasteiger partial charge in [-0.2, -0.15) is 0 Å². The summed E-state index contributed by atoms with van der Waals surface area (Å²) < 4.78 is 59.7. The van der Waals surface area contributed by atoms with Gasteiger partial charge in [0.1, 0.15) is 11.6 Å². The smallest absolute Gasteiger partial charge is 0.170 e. The van der Waals surface area contributed by atoms with Crippen LogP contribution < -0.4 is 10.6 Å². The van der Waals surface area contributed by atoms with Crippen molar-refractivity contribution in [2.45, 2.75) is 27.7 Å². The molecule has 2 aromatic heterocycles. The third-order valence-corrected chi connectivity index (χ3v) is 4.95. The number of benzene rings is 1. The van der Waals surface area contributed by atoms with E-state index in [0.717, 1.165) is 11.1 Å². The number of rotatable bonds is 8. The SMILES string of the molecule is CC(C)=CCNc1ccc(-c2c(F)c(F)c(-c3ccc(NCC=C(C)C)nc3)c(F)c2F)cn1. The highest BCUT2D eigenvalue weighted by molar-refractivity contribution is 5.73. The molecule has 0 saturated heterocycles. The molecule has 34 heavy (non-hydrogen) atoms. The first kappa shape index (κ1) is 25.0. The van der Waals surface area contributed by atoms with E-state index in [2.05, 4.69) is 20.6 Å². The van der Waals surface area contributed by atoms with Crippen LogP contribution in [0.4, 0.5) is 29.2 Å². The van der Waals surface area contributed by atoms with Crippen LogP contribution in [-0.2, 0) is 0 Å². The molecule has 0 radical (unpaired) electrons. The summed E-state index contributed by atoms with van der Waals surface area (Å²) in [5.41, 5.74) is 0.450. The molecular formula is C26H26F4N4. The summed E-state index contributed by atoms with van der Waals surface area (Å²) in [6.07, 6.45) is 6.22. The van der Waals surface area contributed by atoms with Crippen LogP contribution in [0.5, 0.6) is 0 Å². The van der Waals surface area contributed by atoms with Crippen molar-refractivity contribution in [1.82, 2.24) is 9.97 Å². The summed E-state index contributed by atoms with van der Waals surface area (Å²) in [5.74, 6) is -5.05.